The minimum Gasteiger partial charge on any atom is -0.480 e. The van der Waals surface area contributed by atoms with E-state index in [0.717, 1.165) is 5.56 Å². The van der Waals surface area contributed by atoms with Gasteiger partial charge < -0.3 is 15.3 Å². The van der Waals surface area contributed by atoms with Gasteiger partial charge in [0.05, 0.1) is 0 Å². The van der Waals surface area contributed by atoms with Crippen molar-refractivity contribution >= 4 is 17.7 Å². The molecule has 20 heavy (non-hydrogen) atoms. The maximum atomic E-state index is 12.3. The molecule has 0 aliphatic carbocycles. The van der Waals surface area contributed by atoms with Crippen LogP contribution in [0.25, 0.3) is 0 Å². The summed E-state index contributed by atoms with van der Waals surface area (Å²) in [5.41, 5.74) is 1.21. The van der Waals surface area contributed by atoms with Crippen molar-refractivity contribution in [1.29, 1.82) is 0 Å². The zero-order valence-corrected chi connectivity index (χ0v) is 10.6. The summed E-state index contributed by atoms with van der Waals surface area (Å²) in [6, 6.07) is 5.25. The van der Waals surface area contributed by atoms with Crippen molar-refractivity contribution in [3.05, 3.63) is 29.8 Å². The van der Waals surface area contributed by atoms with Crippen LogP contribution in [0, 0.1) is 6.92 Å². The molecule has 0 saturated carbocycles. The highest BCUT2D eigenvalue weighted by Gasteiger charge is 2.34. The quantitative estimate of drug-likeness (QED) is 0.895. The monoisotopic (exact) mass is 290 g/mol. The number of carbonyl (C=O) groups is 2. The normalized spacial score (nSPS) is 11.0. The highest BCUT2D eigenvalue weighted by molar-refractivity contribution is 5.91. The highest BCUT2D eigenvalue weighted by atomic mass is 19.4. The number of hydrogen-bond acceptors (Lipinski definition) is 2. The van der Waals surface area contributed by atoms with E-state index in [-0.39, 0.29) is 10.6 Å². The molecular formula is C12H13F3N2O3. The fraction of sp³-hybridized carbons (Fsp3) is 0.333. The molecule has 0 aromatic heterocycles. The summed E-state index contributed by atoms with van der Waals surface area (Å²) >= 11 is 0. The second-order valence-corrected chi connectivity index (χ2v) is 4.16. The third kappa shape index (κ3) is 5.59. The molecule has 0 saturated heterocycles. The zero-order chi connectivity index (χ0) is 15.3. The molecule has 1 aromatic rings. The Hall–Kier alpha value is -2.25. The second-order valence-electron chi connectivity index (χ2n) is 4.16. The van der Waals surface area contributed by atoms with Crippen molar-refractivity contribution < 1.29 is 27.9 Å². The van der Waals surface area contributed by atoms with Crippen LogP contribution < -0.4 is 5.32 Å². The lowest BCUT2D eigenvalue weighted by Crippen LogP contribution is -2.44. The lowest BCUT2D eigenvalue weighted by atomic mass is 10.2. The number of rotatable bonds is 4. The lowest BCUT2D eigenvalue weighted by molar-refractivity contribution is -0.148. The first-order valence-electron chi connectivity index (χ1n) is 5.58. The molecule has 0 radical (unpaired) electrons. The van der Waals surface area contributed by atoms with E-state index in [0.29, 0.717) is 0 Å². The number of carboxylic acid groups (broad SMARTS) is 1. The van der Waals surface area contributed by atoms with Crippen LogP contribution in [0.2, 0.25) is 0 Å². The van der Waals surface area contributed by atoms with Crippen LogP contribution in [0.4, 0.5) is 23.7 Å². The Balaban J connectivity index is 2.76. The van der Waals surface area contributed by atoms with Crippen LogP contribution in [0.15, 0.2) is 24.3 Å². The van der Waals surface area contributed by atoms with Gasteiger partial charge in [0, 0.05) is 5.69 Å². The molecule has 0 heterocycles. The number of alkyl halides is 3. The van der Waals surface area contributed by atoms with E-state index in [1.807, 2.05) is 6.92 Å². The summed E-state index contributed by atoms with van der Waals surface area (Å²) < 4.78 is 36.9. The molecule has 0 fully saturated rings. The van der Waals surface area contributed by atoms with Gasteiger partial charge in [0.1, 0.15) is 13.1 Å². The molecule has 0 aliphatic heterocycles. The Bertz CT molecular complexity index is 486. The third-order valence-electron chi connectivity index (χ3n) is 2.29. The number of amides is 2. The van der Waals surface area contributed by atoms with Gasteiger partial charge in [0.2, 0.25) is 0 Å². The Morgan fingerprint density at radius 3 is 2.25 bits per heavy atom. The number of urea groups is 1. The summed E-state index contributed by atoms with van der Waals surface area (Å²) in [4.78, 5) is 22.4. The van der Waals surface area contributed by atoms with Crippen molar-refractivity contribution in [1.82, 2.24) is 4.90 Å². The van der Waals surface area contributed by atoms with Crippen LogP contribution >= 0.6 is 0 Å². The van der Waals surface area contributed by atoms with E-state index >= 15 is 0 Å². The number of hydrogen-bond donors (Lipinski definition) is 2. The number of aryl methyl sites for hydroxylation is 1. The Labute approximate surface area is 113 Å². The zero-order valence-electron chi connectivity index (χ0n) is 10.6. The number of carboxylic acids is 1. The lowest BCUT2D eigenvalue weighted by Gasteiger charge is -2.22. The van der Waals surface area contributed by atoms with Crippen molar-refractivity contribution in [3.8, 4) is 0 Å². The first kappa shape index (κ1) is 15.8. The van der Waals surface area contributed by atoms with Crippen LogP contribution in [-0.2, 0) is 4.79 Å². The largest absolute Gasteiger partial charge is 0.480 e. The molecule has 8 heteroatoms. The van der Waals surface area contributed by atoms with Gasteiger partial charge in [0.15, 0.2) is 0 Å². The molecule has 2 amide bonds. The molecule has 0 unspecified atom stereocenters. The average molecular weight is 290 g/mol. The second kappa shape index (κ2) is 6.27. The number of carbonyl (C=O) groups excluding carboxylic acids is 1. The van der Waals surface area contributed by atoms with Crippen molar-refractivity contribution in [2.75, 3.05) is 18.4 Å². The Morgan fingerprint density at radius 1 is 1.25 bits per heavy atom. The first-order valence-corrected chi connectivity index (χ1v) is 5.58. The molecule has 0 aliphatic rings. The minimum absolute atomic E-state index is 0.183. The molecule has 1 rings (SSSR count). The van der Waals surface area contributed by atoms with Gasteiger partial charge in [-0.1, -0.05) is 17.7 Å². The van der Waals surface area contributed by atoms with Gasteiger partial charge in [-0.25, -0.2) is 4.79 Å². The number of aliphatic carboxylic acids is 1. The van der Waals surface area contributed by atoms with Gasteiger partial charge in [-0.2, -0.15) is 13.2 Å². The summed E-state index contributed by atoms with van der Waals surface area (Å²) in [6.07, 6.45) is -4.67. The molecule has 2 N–H and O–H groups in total. The first-order chi connectivity index (χ1) is 9.17. The van der Waals surface area contributed by atoms with E-state index in [4.69, 9.17) is 5.11 Å². The van der Waals surface area contributed by atoms with Gasteiger partial charge >= 0.3 is 18.2 Å². The van der Waals surface area contributed by atoms with Crippen LogP contribution in [-0.4, -0.2) is 41.3 Å². The predicted octanol–water partition coefficient (Wildman–Crippen LogP) is 2.48. The number of halogens is 3. The van der Waals surface area contributed by atoms with Crippen LogP contribution in [0.1, 0.15) is 5.56 Å². The maximum absolute atomic E-state index is 12.3. The minimum atomic E-state index is -4.67. The van der Waals surface area contributed by atoms with E-state index in [9.17, 15) is 22.8 Å². The predicted molar refractivity (Wildman–Crippen MR) is 65.5 cm³/mol. The van der Waals surface area contributed by atoms with E-state index in [1.165, 1.54) is 12.1 Å². The van der Waals surface area contributed by atoms with Gasteiger partial charge in [0.25, 0.3) is 0 Å². The molecule has 0 spiro atoms. The molecular weight excluding hydrogens is 277 g/mol. The topological polar surface area (TPSA) is 69.6 Å². The number of nitrogens with zero attached hydrogens (tertiary/aromatic N) is 1. The standard InChI is InChI=1S/C12H13F3N2O3/c1-8-2-4-9(5-3-8)16-11(20)17(6-10(18)19)7-12(13,14)15/h2-5H,6-7H2,1H3,(H,16,20)(H,18,19). The molecule has 1 aromatic carbocycles. The molecule has 5 nitrogen and oxygen atoms in total. The number of anilines is 1. The van der Waals surface area contributed by atoms with Crippen molar-refractivity contribution in [2.45, 2.75) is 13.1 Å². The van der Waals surface area contributed by atoms with Crippen molar-refractivity contribution in [3.63, 3.8) is 0 Å². The fourth-order valence-corrected chi connectivity index (χ4v) is 1.42. The SMILES string of the molecule is Cc1ccc(NC(=O)N(CC(=O)O)CC(F)(F)F)cc1. The summed E-state index contributed by atoms with van der Waals surface area (Å²) in [6.45, 7) is -0.847. The van der Waals surface area contributed by atoms with Gasteiger partial charge in [-0.3, -0.25) is 4.79 Å². The number of benzene rings is 1. The van der Waals surface area contributed by atoms with Crippen LogP contribution in [0.5, 0.6) is 0 Å². The summed E-state index contributed by atoms with van der Waals surface area (Å²) in [5, 5.41) is 10.8. The van der Waals surface area contributed by atoms with Gasteiger partial charge in [-0.15, -0.1) is 0 Å². The Kier molecular flexibility index (Phi) is 4.95. The van der Waals surface area contributed by atoms with Gasteiger partial charge in [-0.05, 0) is 19.1 Å². The van der Waals surface area contributed by atoms with E-state index < -0.39 is 31.3 Å². The van der Waals surface area contributed by atoms with E-state index in [1.54, 1.807) is 12.1 Å². The Morgan fingerprint density at radius 2 is 1.80 bits per heavy atom. The highest BCUT2D eigenvalue weighted by Crippen LogP contribution is 2.17. The fourth-order valence-electron chi connectivity index (χ4n) is 1.42. The van der Waals surface area contributed by atoms with Crippen molar-refractivity contribution in [2.24, 2.45) is 0 Å². The van der Waals surface area contributed by atoms with E-state index in [2.05, 4.69) is 5.32 Å². The third-order valence-corrected chi connectivity index (χ3v) is 2.29. The smallest absolute Gasteiger partial charge is 0.406 e. The number of nitrogens with one attached hydrogen (secondary N) is 1. The summed E-state index contributed by atoms with van der Waals surface area (Å²) in [7, 11) is 0. The van der Waals surface area contributed by atoms with Crippen LogP contribution in [0.3, 0.4) is 0 Å². The maximum Gasteiger partial charge on any atom is 0.406 e. The molecule has 0 atom stereocenters. The molecule has 0 bridgehead atoms. The average Bonchev–Trinajstić information content (AvgIpc) is 2.29. The summed E-state index contributed by atoms with van der Waals surface area (Å²) in [5.74, 6) is -1.52. The molecule has 110 valence electrons.